The van der Waals surface area contributed by atoms with Gasteiger partial charge in [-0.25, -0.2) is 0 Å². The van der Waals surface area contributed by atoms with E-state index in [0.717, 1.165) is 12.3 Å². The van der Waals surface area contributed by atoms with Gasteiger partial charge in [0.1, 0.15) is 24.0 Å². The van der Waals surface area contributed by atoms with Gasteiger partial charge in [0.2, 0.25) is 6.23 Å². The topological polar surface area (TPSA) is 97.4 Å². The van der Waals surface area contributed by atoms with E-state index in [4.69, 9.17) is 14.7 Å². The molecule has 0 aliphatic carbocycles. The van der Waals surface area contributed by atoms with Crippen molar-refractivity contribution < 1.29 is 45.9 Å². The number of oxime groups is 1. The fourth-order valence-electron chi connectivity index (χ4n) is 3.20. The number of alkyl halides is 6. The van der Waals surface area contributed by atoms with Gasteiger partial charge in [-0.15, -0.1) is 0 Å². The molecule has 1 heterocycles. The molecule has 0 radical (unpaired) electrons. The monoisotopic (exact) mass is 479 g/mol. The molecule has 2 aromatic carbocycles. The summed E-state index contributed by atoms with van der Waals surface area (Å²) in [6.45, 7) is -0.829. The van der Waals surface area contributed by atoms with Gasteiger partial charge in [0.15, 0.2) is 0 Å². The van der Waals surface area contributed by atoms with Gasteiger partial charge in [-0.3, -0.25) is 10.1 Å². The Labute approximate surface area is 181 Å². The molecule has 0 unspecified atom stereocenters. The van der Waals surface area contributed by atoms with Crippen LogP contribution in [0.3, 0.4) is 0 Å². The lowest BCUT2D eigenvalue weighted by Crippen LogP contribution is -2.42. The average molecular weight is 479 g/mol. The summed E-state index contributed by atoms with van der Waals surface area (Å²) in [6.07, 6.45) is -12.7. The van der Waals surface area contributed by atoms with Gasteiger partial charge in [-0.05, 0) is 42.0 Å². The molecule has 0 amide bonds. The molecule has 14 heteroatoms. The maximum Gasteiger partial charge on any atom is 0.433 e. The number of hydrogen-bond acceptors (Lipinski definition) is 7. The number of rotatable bonds is 6. The number of anilines is 1. The molecule has 0 bridgehead atoms. The number of halogens is 6. The molecule has 0 saturated carbocycles. The highest BCUT2D eigenvalue weighted by atomic mass is 19.4. The average Bonchev–Trinajstić information content (AvgIpc) is 3.17. The zero-order valence-corrected chi connectivity index (χ0v) is 16.4. The smallest absolute Gasteiger partial charge is 0.433 e. The molecular formula is C19H15F6N3O5. The summed E-state index contributed by atoms with van der Waals surface area (Å²) in [6, 6.07) is 7.58. The molecule has 1 aliphatic heterocycles. The summed E-state index contributed by atoms with van der Waals surface area (Å²) in [7, 11) is 0. The third kappa shape index (κ3) is 5.63. The quantitative estimate of drug-likeness (QED) is 0.214. The first-order valence-corrected chi connectivity index (χ1v) is 9.15. The summed E-state index contributed by atoms with van der Waals surface area (Å²) in [5.41, 5.74) is -2.95. The minimum atomic E-state index is -5.15. The van der Waals surface area contributed by atoms with Gasteiger partial charge in [-0.1, -0.05) is 5.16 Å². The Balaban J connectivity index is 1.82. The van der Waals surface area contributed by atoms with E-state index >= 15 is 0 Å². The first-order chi connectivity index (χ1) is 15.4. The molecule has 2 aromatic rings. The van der Waals surface area contributed by atoms with E-state index < -0.39 is 53.1 Å². The van der Waals surface area contributed by atoms with Gasteiger partial charge >= 0.3 is 12.4 Å². The number of benzene rings is 2. The number of ether oxygens (including phenoxy) is 2. The summed E-state index contributed by atoms with van der Waals surface area (Å²) >= 11 is 0. The van der Waals surface area contributed by atoms with E-state index in [1.165, 1.54) is 24.3 Å². The predicted molar refractivity (Wildman–Crippen MR) is 101 cm³/mol. The van der Waals surface area contributed by atoms with E-state index in [0.29, 0.717) is 22.6 Å². The van der Waals surface area contributed by atoms with Gasteiger partial charge in [-0.2, -0.15) is 26.3 Å². The Morgan fingerprint density at radius 1 is 1.18 bits per heavy atom. The SMILES string of the molecule is O=[N+]([O-])c1ccc(N2C[C@@H](COc3ccc(C=NO)cc3)O[C@@H]2C(F)(F)F)cc1C(F)(F)F. The van der Waals surface area contributed by atoms with Crippen LogP contribution in [0.1, 0.15) is 11.1 Å². The minimum Gasteiger partial charge on any atom is -0.491 e. The third-order valence-corrected chi connectivity index (χ3v) is 4.62. The largest absolute Gasteiger partial charge is 0.491 e. The first kappa shape index (κ1) is 24.1. The van der Waals surface area contributed by atoms with E-state index in [1.54, 1.807) is 0 Å². The van der Waals surface area contributed by atoms with Crippen molar-refractivity contribution in [3.8, 4) is 5.75 Å². The summed E-state index contributed by atoms with van der Waals surface area (Å²) < 4.78 is 90.7. The molecule has 2 atom stereocenters. The highest BCUT2D eigenvalue weighted by Crippen LogP contribution is 2.41. The Morgan fingerprint density at radius 3 is 2.39 bits per heavy atom. The van der Waals surface area contributed by atoms with Gasteiger partial charge in [0.05, 0.1) is 17.7 Å². The Hall–Kier alpha value is -3.55. The van der Waals surface area contributed by atoms with Crippen LogP contribution < -0.4 is 9.64 Å². The van der Waals surface area contributed by atoms with Crippen molar-refractivity contribution in [3.63, 3.8) is 0 Å². The lowest BCUT2D eigenvalue weighted by molar-refractivity contribution is -0.388. The van der Waals surface area contributed by atoms with Crippen molar-refractivity contribution in [2.24, 2.45) is 5.16 Å². The van der Waals surface area contributed by atoms with E-state index in [1.807, 2.05) is 0 Å². The lowest BCUT2D eigenvalue weighted by atomic mass is 10.1. The highest BCUT2D eigenvalue weighted by molar-refractivity contribution is 5.79. The summed E-state index contributed by atoms with van der Waals surface area (Å²) in [5.74, 6) is 0.269. The van der Waals surface area contributed by atoms with Crippen LogP contribution in [0.5, 0.6) is 5.75 Å². The molecule has 0 aromatic heterocycles. The normalized spacial score (nSPS) is 19.3. The first-order valence-electron chi connectivity index (χ1n) is 9.15. The van der Waals surface area contributed by atoms with Crippen LogP contribution >= 0.6 is 0 Å². The third-order valence-electron chi connectivity index (χ3n) is 4.62. The molecule has 0 spiro atoms. The van der Waals surface area contributed by atoms with Crippen LogP contribution in [0.25, 0.3) is 0 Å². The Morgan fingerprint density at radius 2 is 1.85 bits per heavy atom. The molecule has 3 rings (SSSR count). The maximum atomic E-state index is 13.5. The van der Waals surface area contributed by atoms with E-state index in [2.05, 4.69) is 5.16 Å². The number of nitro benzene ring substituents is 1. The Kier molecular flexibility index (Phi) is 6.67. The molecule has 1 fully saturated rings. The number of nitro groups is 1. The van der Waals surface area contributed by atoms with Crippen molar-refractivity contribution in [2.75, 3.05) is 18.1 Å². The van der Waals surface area contributed by atoms with Crippen molar-refractivity contribution in [3.05, 3.63) is 63.7 Å². The van der Waals surface area contributed by atoms with Gasteiger partial charge in [0.25, 0.3) is 5.69 Å². The maximum absolute atomic E-state index is 13.5. The van der Waals surface area contributed by atoms with E-state index in [-0.39, 0.29) is 12.4 Å². The van der Waals surface area contributed by atoms with Crippen LogP contribution in [0.15, 0.2) is 47.6 Å². The van der Waals surface area contributed by atoms with Crippen molar-refractivity contribution in [1.82, 2.24) is 0 Å². The van der Waals surface area contributed by atoms with Gasteiger partial charge < -0.3 is 19.6 Å². The summed E-state index contributed by atoms with van der Waals surface area (Å²) in [5, 5.41) is 22.2. The second-order valence-corrected chi connectivity index (χ2v) is 6.89. The van der Waals surface area contributed by atoms with Crippen LogP contribution in [-0.4, -0.2) is 48.0 Å². The minimum absolute atomic E-state index is 0.269. The fraction of sp³-hybridized carbons (Fsp3) is 0.316. The summed E-state index contributed by atoms with van der Waals surface area (Å²) in [4.78, 5) is 10.2. The molecule has 8 nitrogen and oxygen atoms in total. The molecule has 1 aliphatic rings. The van der Waals surface area contributed by atoms with Crippen molar-refractivity contribution in [1.29, 1.82) is 0 Å². The van der Waals surface area contributed by atoms with Crippen molar-refractivity contribution in [2.45, 2.75) is 24.7 Å². The molecule has 33 heavy (non-hydrogen) atoms. The number of hydrogen-bond donors (Lipinski definition) is 1. The highest BCUT2D eigenvalue weighted by Gasteiger charge is 2.51. The molecular weight excluding hydrogens is 464 g/mol. The van der Waals surface area contributed by atoms with Crippen molar-refractivity contribution >= 4 is 17.6 Å². The molecule has 178 valence electrons. The predicted octanol–water partition coefficient (Wildman–Crippen LogP) is 4.59. The van der Waals surface area contributed by atoms with Crippen LogP contribution in [0.4, 0.5) is 37.7 Å². The lowest BCUT2D eigenvalue weighted by Gasteiger charge is -2.27. The molecule has 1 saturated heterocycles. The standard InChI is InChI=1S/C19H15F6N3O5/c20-18(21,22)15-7-12(3-6-16(15)28(30)31)27-9-14(33-17(27)19(23,24)25)10-32-13-4-1-11(2-5-13)8-26-29/h1-8,14,17,29H,9-10H2/t14-,17+/m0/s1. The molecule has 1 N–H and O–H groups in total. The zero-order valence-electron chi connectivity index (χ0n) is 16.4. The van der Waals surface area contributed by atoms with E-state index in [9.17, 15) is 36.5 Å². The number of nitrogens with zero attached hydrogens (tertiary/aromatic N) is 3. The van der Waals surface area contributed by atoms with Gasteiger partial charge in [0, 0.05) is 11.8 Å². The van der Waals surface area contributed by atoms with Crippen LogP contribution in [0, 0.1) is 10.1 Å². The zero-order chi connectivity index (χ0) is 24.4. The fourth-order valence-corrected chi connectivity index (χ4v) is 3.20. The second-order valence-electron chi connectivity index (χ2n) is 6.89. The van der Waals surface area contributed by atoms with Crippen LogP contribution in [0.2, 0.25) is 0 Å². The van der Waals surface area contributed by atoms with Crippen LogP contribution in [-0.2, 0) is 10.9 Å². The second kappa shape index (κ2) is 9.13. The Bertz CT molecular complexity index is 1030.